The van der Waals surface area contributed by atoms with Crippen LogP contribution in [0.5, 0.6) is 0 Å². The summed E-state index contributed by atoms with van der Waals surface area (Å²) in [5.74, 6) is 1.37. The van der Waals surface area contributed by atoms with Crippen molar-refractivity contribution >= 4 is 5.91 Å². The molecule has 0 fully saturated rings. The smallest absolute Gasteiger partial charge is 0.226 e. The summed E-state index contributed by atoms with van der Waals surface area (Å²) in [4.78, 5) is 16.3. The van der Waals surface area contributed by atoms with E-state index in [4.69, 9.17) is 0 Å². The van der Waals surface area contributed by atoms with E-state index >= 15 is 0 Å². The van der Waals surface area contributed by atoms with Crippen molar-refractivity contribution in [1.29, 1.82) is 0 Å². The third-order valence-electron chi connectivity index (χ3n) is 3.36. The minimum Gasteiger partial charge on any atom is -0.355 e. The van der Waals surface area contributed by atoms with Crippen molar-refractivity contribution in [3.8, 4) is 11.4 Å². The Labute approximate surface area is 133 Å². The van der Waals surface area contributed by atoms with Gasteiger partial charge in [-0.15, -0.1) is 0 Å². The highest BCUT2D eigenvalue weighted by Crippen LogP contribution is 2.13. The summed E-state index contributed by atoms with van der Waals surface area (Å²) >= 11 is 0. The van der Waals surface area contributed by atoms with Gasteiger partial charge in [0.25, 0.3) is 0 Å². The molecule has 23 heavy (non-hydrogen) atoms. The first kappa shape index (κ1) is 15.0. The first-order valence-electron chi connectivity index (χ1n) is 7.42. The molecule has 118 valence electrons. The zero-order valence-corrected chi connectivity index (χ0v) is 12.9. The fourth-order valence-corrected chi connectivity index (χ4v) is 2.23. The molecule has 0 atom stereocenters. The summed E-state index contributed by atoms with van der Waals surface area (Å²) in [6.07, 6.45) is 2.71. The highest BCUT2D eigenvalue weighted by molar-refractivity contribution is 5.78. The number of aromatic amines is 1. The highest BCUT2D eigenvalue weighted by Gasteiger charge is 2.08. The quantitative estimate of drug-likeness (QED) is 0.714. The minimum atomic E-state index is -0.0495. The van der Waals surface area contributed by atoms with Crippen LogP contribution >= 0.6 is 0 Å². The summed E-state index contributed by atoms with van der Waals surface area (Å²) in [5.41, 5.74) is 1.73. The van der Waals surface area contributed by atoms with Gasteiger partial charge >= 0.3 is 0 Å². The number of nitrogens with one attached hydrogen (secondary N) is 2. The van der Waals surface area contributed by atoms with Crippen molar-refractivity contribution in [2.45, 2.75) is 12.8 Å². The zero-order valence-electron chi connectivity index (χ0n) is 12.9. The van der Waals surface area contributed by atoms with E-state index in [1.807, 2.05) is 49.6 Å². The first-order chi connectivity index (χ1) is 11.2. The van der Waals surface area contributed by atoms with Crippen LogP contribution in [0.15, 0.2) is 42.6 Å². The average Bonchev–Trinajstić information content (AvgIpc) is 3.17. The Balaban J connectivity index is 1.47. The molecule has 1 amide bonds. The van der Waals surface area contributed by atoms with Crippen LogP contribution in [0.4, 0.5) is 0 Å². The fourth-order valence-electron chi connectivity index (χ4n) is 2.23. The van der Waals surface area contributed by atoms with Crippen LogP contribution in [0, 0.1) is 0 Å². The van der Waals surface area contributed by atoms with E-state index in [1.165, 1.54) is 0 Å². The molecule has 7 nitrogen and oxygen atoms in total. The standard InChI is InChI=1S/C16H18N6O/c1-22-10-8-13(21-22)11-15(23)17-9-7-14-18-16(20-19-14)12-5-3-2-4-6-12/h2-6,8,10H,7,9,11H2,1H3,(H,17,23)(H,18,19,20). The van der Waals surface area contributed by atoms with E-state index in [9.17, 15) is 4.79 Å². The molecule has 0 spiro atoms. The maximum Gasteiger partial charge on any atom is 0.226 e. The molecule has 0 aliphatic heterocycles. The molecule has 0 saturated heterocycles. The maximum absolute atomic E-state index is 11.8. The molecular formula is C16H18N6O. The zero-order chi connectivity index (χ0) is 16.1. The molecule has 1 aromatic carbocycles. The molecular weight excluding hydrogens is 292 g/mol. The van der Waals surface area contributed by atoms with Crippen molar-refractivity contribution in [2.24, 2.45) is 7.05 Å². The average molecular weight is 310 g/mol. The lowest BCUT2D eigenvalue weighted by molar-refractivity contribution is -0.120. The van der Waals surface area contributed by atoms with Crippen molar-refractivity contribution < 1.29 is 4.79 Å². The van der Waals surface area contributed by atoms with E-state index in [0.29, 0.717) is 18.8 Å². The van der Waals surface area contributed by atoms with Crippen LogP contribution in [0.2, 0.25) is 0 Å². The number of rotatable bonds is 6. The first-order valence-corrected chi connectivity index (χ1v) is 7.42. The Kier molecular flexibility index (Phi) is 4.46. The van der Waals surface area contributed by atoms with Gasteiger partial charge in [0, 0.05) is 31.8 Å². The molecule has 0 aliphatic rings. The molecule has 3 aromatic rings. The van der Waals surface area contributed by atoms with Crippen molar-refractivity contribution in [1.82, 2.24) is 30.3 Å². The number of amides is 1. The number of aryl methyl sites for hydroxylation is 1. The predicted molar refractivity (Wildman–Crippen MR) is 85.4 cm³/mol. The van der Waals surface area contributed by atoms with E-state index in [-0.39, 0.29) is 12.3 Å². The molecule has 2 heterocycles. The number of aromatic nitrogens is 5. The molecule has 3 rings (SSSR count). The van der Waals surface area contributed by atoms with Gasteiger partial charge in [0.2, 0.25) is 5.91 Å². The lowest BCUT2D eigenvalue weighted by Gasteiger charge is -2.02. The lowest BCUT2D eigenvalue weighted by Crippen LogP contribution is -2.27. The van der Waals surface area contributed by atoms with Crippen LogP contribution in [-0.2, 0) is 24.7 Å². The predicted octanol–water partition coefficient (Wildman–Crippen LogP) is 1.11. The van der Waals surface area contributed by atoms with Crippen LogP contribution in [0.3, 0.4) is 0 Å². The molecule has 2 N–H and O–H groups in total. The van der Waals surface area contributed by atoms with Gasteiger partial charge in [-0.1, -0.05) is 30.3 Å². The number of H-pyrrole nitrogens is 1. The Bertz CT molecular complexity index is 777. The summed E-state index contributed by atoms with van der Waals surface area (Å²) in [6.45, 7) is 0.509. The van der Waals surface area contributed by atoms with Crippen LogP contribution in [-0.4, -0.2) is 37.4 Å². The molecule has 2 aromatic heterocycles. The summed E-state index contributed by atoms with van der Waals surface area (Å²) < 4.78 is 1.68. The van der Waals surface area contributed by atoms with Crippen LogP contribution in [0.1, 0.15) is 11.5 Å². The summed E-state index contributed by atoms with van der Waals surface area (Å²) in [7, 11) is 1.83. The third kappa shape index (κ3) is 4.03. The molecule has 0 unspecified atom stereocenters. The lowest BCUT2D eigenvalue weighted by atomic mass is 10.2. The SMILES string of the molecule is Cn1ccc(CC(=O)NCCc2nc(-c3ccccc3)n[nH]2)n1. The van der Waals surface area contributed by atoms with E-state index in [2.05, 4.69) is 25.6 Å². The fraction of sp³-hybridized carbons (Fsp3) is 0.250. The van der Waals surface area contributed by atoms with Gasteiger partial charge in [0.1, 0.15) is 5.82 Å². The van der Waals surface area contributed by atoms with Gasteiger partial charge in [0.05, 0.1) is 12.1 Å². The van der Waals surface area contributed by atoms with Crippen molar-refractivity contribution in [3.05, 3.63) is 54.1 Å². The number of benzene rings is 1. The minimum absolute atomic E-state index is 0.0495. The molecule has 0 bridgehead atoms. The molecule has 0 radical (unpaired) electrons. The van der Waals surface area contributed by atoms with Gasteiger partial charge in [-0.05, 0) is 6.07 Å². The van der Waals surface area contributed by atoms with Gasteiger partial charge in [0.15, 0.2) is 5.82 Å². The van der Waals surface area contributed by atoms with Crippen LogP contribution in [0.25, 0.3) is 11.4 Å². The number of hydrogen-bond acceptors (Lipinski definition) is 4. The Hall–Kier alpha value is -2.96. The maximum atomic E-state index is 11.8. The summed E-state index contributed by atoms with van der Waals surface area (Å²) in [6, 6.07) is 11.6. The number of carbonyl (C=O) groups excluding carboxylic acids is 1. The van der Waals surface area contributed by atoms with Gasteiger partial charge in [-0.2, -0.15) is 10.2 Å². The monoisotopic (exact) mass is 310 g/mol. The molecule has 7 heteroatoms. The second-order valence-electron chi connectivity index (χ2n) is 5.23. The third-order valence-corrected chi connectivity index (χ3v) is 3.36. The van der Waals surface area contributed by atoms with Crippen molar-refractivity contribution in [2.75, 3.05) is 6.54 Å². The summed E-state index contributed by atoms with van der Waals surface area (Å²) in [5, 5.41) is 14.1. The second-order valence-corrected chi connectivity index (χ2v) is 5.23. The largest absolute Gasteiger partial charge is 0.355 e. The van der Waals surface area contributed by atoms with E-state index < -0.39 is 0 Å². The number of hydrogen-bond donors (Lipinski definition) is 2. The number of carbonyl (C=O) groups is 1. The highest BCUT2D eigenvalue weighted by atomic mass is 16.1. The normalized spacial score (nSPS) is 10.7. The van der Waals surface area contributed by atoms with Crippen LogP contribution < -0.4 is 5.32 Å². The Morgan fingerprint density at radius 2 is 2.09 bits per heavy atom. The van der Waals surface area contributed by atoms with Gasteiger partial charge < -0.3 is 5.32 Å². The Morgan fingerprint density at radius 3 is 2.83 bits per heavy atom. The number of nitrogens with zero attached hydrogens (tertiary/aromatic N) is 4. The van der Waals surface area contributed by atoms with Crippen molar-refractivity contribution in [3.63, 3.8) is 0 Å². The van der Waals surface area contributed by atoms with Gasteiger partial charge in [-0.3, -0.25) is 14.6 Å². The van der Waals surface area contributed by atoms with Gasteiger partial charge in [-0.25, -0.2) is 4.98 Å². The van der Waals surface area contributed by atoms with E-state index in [0.717, 1.165) is 17.1 Å². The van der Waals surface area contributed by atoms with E-state index in [1.54, 1.807) is 4.68 Å². The molecule has 0 saturated carbocycles. The Morgan fingerprint density at radius 1 is 1.26 bits per heavy atom. The second kappa shape index (κ2) is 6.87. The topological polar surface area (TPSA) is 88.5 Å². The molecule has 0 aliphatic carbocycles.